The molecular weight excluding hydrogens is 262 g/mol. The van der Waals surface area contributed by atoms with Crippen LogP contribution in [0.15, 0.2) is 40.4 Å². The molecule has 0 amide bonds. The number of aryl methyl sites for hydroxylation is 1. The quantitative estimate of drug-likeness (QED) is 0.922. The number of hydrogen-bond donors (Lipinski definition) is 1. The third-order valence-electron chi connectivity index (χ3n) is 2.29. The average Bonchev–Trinajstić information content (AvgIpc) is 2.39. The van der Waals surface area contributed by atoms with Gasteiger partial charge in [-0.1, -0.05) is 11.8 Å². The molecule has 0 aliphatic carbocycles. The number of nitrogens with zero attached hydrogens (tertiary/aromatic N) is 3. The molecule has 0 aliphatic heterocycles. The van der Waals surface area contributed by atoms with Crippen LogP contribution in [0.2, 0.25) is 0 Å². The van der Waals surface area contributed by atoms with Crippen LogP contribution in [0.4, 0.5) is 0 Å². The summed E-state index contributed by atoms with van der Waals surface area (Å²) in [5, 5.41) is 18.5. The van der Waals surface area contributed by atoms with E-state index in [2.05, 4.69) is 16.0 Å². The van der Waals surface area contributed by atoms with Gasteiger partial charge in [0.1, 0.15) is 16.8 Å². The summed E-state index contributed by atoms with van der Waals surface area (Å²) in [6, 6.07) is 8.66. The summed E-state index contributed by atoms with van der Waals surface area (Å²) in [6.07, 6.45) is 1.42. The molecule has 0 bridgehead atoms. The van der Waals surface area contributed by atoms with Crippen molar-refractivity contribution in [1.82, 2.24) is 9.97 Å². The molecule has 19 heavy (non-hydrogen) atoms. The van der Waals surface area contributed by atoms with Crippen LogP contribution in [0.3, 0.4) is 0 Å². The van der Waals surface area contributed by atoms with E-state index < -0.39 is 5.97 Å². The highest BCUT2D eigenvalue weighted by molar-refractivity contribution is 7.99. The minimum absolute atomic E-state index is 0.0313. The Morgan fingerprint density at radius 2 is 2.21 bits per heavy atom. The lowest BCUT2D eigenvalue weighted by Gasteiger charge is -2.04. The van der Waals surface area contributed by atoms with E-state index in [0.29, 0.717) is 15.5 Å². The smallest absolute Gasteiger partial charge is 0.354 e. The molecule has 0 spiro atoms. The first kappa shape index (κ1) is 13.1. The van der Waals surface area contributed by atoms with Gasteiger partial charge >= 0.3 is 5.97 Å². The zero-order valence-electron chi connectivity index (χ0n) is 9.99. The fraction of sp³-hybridized carbons (Fsp3) is 0.0769. The Labute approximate surface area is 113 Å². The Morgan fingerprint density at radius 1 is 1.42 bits per heavy atom. The van der Waals surface area contributed by atoms with E-state index >= 15 is 0 Å². The molecule has 0 radical (unpaired) electrons. The number of hydrogen-bond acceptors (Lipinski definition) is 5. The van der Waals surface area contributed by atoms with Crippen molar-refractivity contribution in [3.63, 3.8) is 0 Å². The van der Waals surface area contributed by atoms with Crippen LogP contribution in [0.1, 0.15) is 21.7 Å². The molecule has 0 fully saturated rings. The first-order chi connectivity index (χ1) is 9.10. The molecule has 2 heterocycles. The van der Waals surface area contributed by atoms with Crippen LogP contribution in [-0.4, -0.2) is 21.0 Å². The van der Waals surface area contributed by atoms with Gasteiger partial charge in [0.25, 0.3) is 0 Å². The lowest BCUT2D eigenvalue weighted by molar-refractivity contribution is 0.0690. The molecule has 0 aliphatic rings. The van der Waals surface area contributed by atoms with Crippen molar-refractivity contribution in [2.45, 2.75) is 16.8 Å². The van der Waals surface area contributed by atoms with Crippen molar-refractivity contribution in [1.29, 1.82) is 5.26 Å². The highest BCUT2D eigenvalue weighted by Crippen LogP contribution is 2.28. The predicted molar refractivity (Wildman–Crippen MR) is 69.0 cm³/mol. The van der Waals surface area contributed by atoms with Gasteiger partial charge in [-0.05, 0) is 31.2 Å². The minimum atomic E-state index is -1.08. The highest BCUT2D eigenvalue weighted by Gasteiger charge is 2.09. The molecule has 0 aromatic carbocycles. The Bertz CT molecular complexity index is 680. The van der Waals surface area contributed by atoms with E-state index in [4.69, 9.17) is 10.4 Å². The number of aromatic nitrogens is 2. The number of carboxylic acids is 1. The number of pyridine rings is 2. The first-order valence-corrected chi connectivity index (χ1v) is 6.17. The van der Waals surface area contributed by atoms with Crippen molar-refractivity contribution in [3.8, 4) is 6.07 Å². The fourth-order valence-electron chi connectivity index (χ4n) is 1.40. The minimum Gasteiger partial charge on any atom is -0.477 e. The maximum absolute atomic E-state index is 10.8. The zero-order chi connectivity index (χ0) is 13.8. The van der Waals surface area contributed by atoms with Crippen molar-refractivity contribution in [2.75, 3.05) is 0 Å². The van der Waals surface area contributed by atoms with Crippen molar-refractivity contribution in [3.05, 3.63) is 47.4 Å². The van der Waals surface area contributed by atoms with Gasteiger partial charge in [-0.15, -0.1) is 0 Å². The number of aromatic carboxylic acids is 1. The normalized spacial score (nSPS) is 9.89. The van der Waals surface area contributed by atoms with Crippen LogP contribution < -0.4 is 0 Å². The van der Waals surface area contributed by atoms with Crippen molar-refractivity contribution >= 4 is 17.7 Å². The molecule has 2 rings (SSSR count). The molecular formula is C13H9N3O2S. The topological polar surface area (TPSA) is 86.9 Å². The van der Waals surface area contributed by atoms with Crippen LogP contribution >= 0.6 is 11.8 Å². The summed E-state index contributed by atoms with van der Waals surface area (Å²) in [4.78, 5) is 19.6. The standard InChI is InChI=1S/C13H9N3O2S/c1-8-2-3-9(7-14)12(16-8)19-10-4-5-15-11(6-10)13(17)18/h2-6H,1H3,(H,17,18). The second-order valence-electron chi connectivity index (χ2n) is 3.70. The van der Waals surface area contributed by atoms with E-state index in [-0.39, 0.29) is 5.69 Å². The Hall–Kier alpha value is -2.39. The number of carbonyl (C=O) groups is 1. The van der Waals surface area contributed by atoms with Crippen molar-refractivity contribution in [2.24, 2.45) is 0 Å². The van der Waals surface area contributed by atoms with E-state index in [0.717, 1.165) is 5.69 Å². The van der Waals surface area contributed by atoms with E-state index in [1.807, 2.05) is 6.92 Å². The molecule has 5 nitrogen and oxygen atoms in total. The lowest BCUT2D eigenvalue weighted by atomic mass is 10.3. The molecule has 2 aromatic rings. The van der Waals surface area contributed by atoms with Gasteiger partial charge in [0, 0.05) is 16.8 Å². The van der Waals surface area contributed by atoms with Gasteiger partial charge in [-0.25, -0.2) is 14.8 Å². The number of carboxylic acid groups (broad SMARTS) is 1. The maximum Gasteiger partial charge on any atom is 0.354 e. The van der Waals surface area contributed by atoms with Gasteiger partial charge in [0.15, 0.2) is 0 Å². The summed E-state index contributed by atoms with van der Waals surface area (Å²) in [6.45, 7) is 1.83. The SMILES string of the molecule is Cc1ccc(C#N)c(Sc2ccnc(C(=O)O)c2)n1. The molecule has 0 saturated heterocycles. The average molecular weight is 271 g/mol. The molecule has 94 valence electrons. The van der Waals surface area contributed by atoms with Crippen LogP contribution in [-0.2, 0) is 0 Å². The molecule has 1 N–H and O–H groups in total. The Morgan fingerprint density at radius 3 is 2.89 bits per heavy atom. The van der Waals surface area contributed by atoms with Crippen molar-refractivity contribution < 1.29 is 9.90 Å². The maximum atomic E-state index is 10.8. The third-order valence-corrected chi connectivity index (χ3v) is 3.28. The molecule has 0 unspecified atom stereocenters. The van der Waals surface area contributed by atoms with Crippen LogP contribution in [0.5, 0.6) is 0 Å². The largest absolute Gasteiger partial charge is 0.477 e. The summed E-state index contributed by atoms with van der Waals surface area (Å²) in [7, 11) is 0. The Balaban J connectivity index is 2.36. The summed E-state index contributed by atoms with van der Waals surface area (Å²) in [5.74, 6) is -1.08. The predicted octanol–water partition coefficient (Wildman–Crippen LogP) is 2.51. The summed E-state index contributed by atoms with van der Waals surface area (Å²) in [5.41, 5.74) is 1.23. The molecule has 6 heteroatoms. The molecule has 0 atom stereocenters. The second kappa shape index (κ2) is 5.50. The van der Waals surface area contributed by atoms with E-state index in [1.54, 1.807) is 18.2 Å². The molecule has 2 aromatic heterocycles. The number of nitriles is 1. The third kappa shape index (κ3) is 3.09. The van der Waals surface area contributed by atoms with E-state index in [1.165, 1.54) is 24.0 Å². The summed E-state index contributed by atoms with van der Waals surface area (Å²) >= 11 is 1.25. The highest BCUT2D eigenvalue weighted by atomic mass is 32.2. The van der Waals surface area contributed by atoms with Gasteiger partial charge < -0.3 is 5.11 Å². The van der Waals surface area contributed by atoms with Gasteiger partial charge in [0.2, 0.25) is 0 Å². The fourth-order valence-corrected chi connectivity index (χ4v) is 2.34. The van der Waals surface area contributed by atoms with Gasteiger partial charge in [-0.3, -0.25) is 0 Å². The number of rotatable bonds is 3. The zero-order valence-corrected chi connectivity index (χ0v) is 10.8. The monoisotopic (exact) mass is 271 g/mol. The van der Waals surface area contributed by atoms with Gasteiger partial charge in [0.05, 0.1) is 5.56 Å². The van der Waals surface area contributed by atoms with Gasteiger partial charge in [-0.2, -0.15) is 5.26 Å². The molecule has 0 saturated carbocycles. The van der Waals surface area contributed by atoms with E-state index in [9.17, 15) is 4.79 Å². The lowest BCUT2D eigenvalue weighted by Crippen LogP contribution is -1.99. The Kier molecular flexibility index (Phi) is 3.78. The summed E-state index contributed by atoms with van der Waals surface area (Å²) < 4.78 is 0. The van der Waals surface area contributed by atoms with Crippen LogP contribution in [0.25, 0.3) is 0 Å². The first-order valence-electron chi connectivity index (χ1n) is 5.35. The second-order valence-corrected chi connectivity index (χ2v) is 4.76. The van der Waals surface area contributed by atoms with Crippen LogP contribution in [0, 0.1) is 18.3 Å².